The van der Waals surface area contributed by atoms with E-state index in [-0.39, 0.29) is 20.5 Å². The maximum Gasteiger partial charge on any atom is 0.412 e. The van der Waals surface area contributed by atoms with Crippen molar-refractivity contribution in [3.05, 3.63) is 22.7 Å². The summed E-state index contributed by atoms with van der Waals surface area (Å²) in [4.78, 5) is 27.3. The van der Waals surface area contributed by atoms with E-state index in [2.05, 4.69) is 17.2 Å². The van der Waals surface area contributed by atoms with Gasteiger partial charge in [-0.2, -0.15) is 4.98 Å². The van der Waals surface area contributed by atoms with Crippen LogP contribution in [0.3, 0.4) is 0 Å². The molecule has 1 fully saturated rings. The highest BCUT2D eigenvalue weighted by atomic mass is 16.7. The monoisotopic (exact) mass is 329 g/mol. The maximum atomic E-state index is 12.0. The first kappa shape index (κ1) is 17.4. The predicted octanol–water partition coefficient (Wildman–Crippen LogP) is 1.09. The number of aliphatic hydroxyl groups is 1. The molecule has 1 aliphatic rings. The molecule has 0 saturated carbocycles. The van der Waals surface area contributed by atoms with Crippen LogP contribution in [-0.2, 0) is 14.2 Å². The highest BCUT2D eigenvalue weighted by Gasteiger charge is 2.27. The zero-order valence-corrected chi connectivity index (χ0v) is 12.9. The summed E-state index contributed by atoms with van der Waals surface area (Å²) in [5.74, 6) is 0.101. The second-order valence-corrected chi connectivity index (χ2v) is 5.01. The van der Waals surface area contributed by atoms with Gasteiger partial charge >= 0.3 is 11.8 Å². The van der Waals surface area contributed by atoms with Gasteiger partial charge in [0.2, 0.25) is 0 Å². The molecule has 0 unspecified atom stereocenters. The normalized spacial score (nSPS) is 20.4. The Bertz CT molecular complexity index is 582. The molecule has 1 aromatic heterocycles. The summed E-state index contributed by atoms with van der Waals surface area (Å²) in [6.07, 6.45) is 2.21. The lowest BCUT2D eigenvalue weighted by Gasteiger charge is -2.12. The SMILES string of the molecule is CCCCCOC(=O)Nc1ccn([C@@H]2CO[C@H](CO)O2)c(=O)n1.[HH]. The van der Waals surface area contributed by atoms with E-state index >= 15 is 0 Å². The summed E-state index contributed by atoms with van der Waals surface area (Å²) in [6, 6.07) is 1.46. The van der Waals surface area contributed by atoms with Gasteiger partial charge in [0.25, 0.3) is 0 Å². The molecular weight excluding hydrogens is 306 g/mol. The molecule has 1 aliphatic heterocycles. The fourth-order valence-corrected chi connectivity index (χ4v) is 2.04. The van der Waals surface area contributed by atoms with Crippen molar-refractivity contribution in [1.82, 2.24) is 9.55 Å². The number of carbonyl (C=O) groups is 1. The van der Waals surface area contributed by atoms with Gasteiger partial charge in [0, 0.05) is 7.62 Å². The van der Waals surface area contributed by atoms with Crippen molar-refractivity contribution < 1.29 is 25.5 Å². The number of nitrogens with one attached hydrogen (secondary N) is 1. The predicted molar refractivity (Wildman–Crippen MR) is 82.1 cm³/mol. The zero-order valence-electron chi connectivity index (χ0n) is 12.9. The number of nitrogens with zero attached hydrogens (tertiary/aromatic N) is 2. The van der Waals surface area contributed by atoms with E-state index in [4.69, 9.17) is 19.3 Å². The third-order valence-electron chi connectivity index (χ3n) is 3.23. The largest absolute Gasteiger partial charge is 0.449 e. The standard InChI is InChI=1S/C14H21N3O6.H2/c1-2-3-4-7-21-14(20)16-10-5-6-17(13(19)15-10)11-9-22-12(8-18)23-11;/h5-6,11-12,18H,2-4,7-9H2,1H3,(H,15,16,19,20);1H/t11-,12-;/m0./s1. The van der Waals surface area contributed by atoms with Gasteiger partial charge in [0.15, 0.2) is 12.5 Å². The Morgan fingerprint density at radius 2 is 2.43 bits per heavy atom. The van der Waals surface area contributed by atoms with Crippen LogP contribution in [0, 0.1) is 0 Å². The van der Waals surface area contributed by atoms with Gasteiger partial charge in [-0.3, -0.25) is 9.88 Å². The van der Waals surface area contributed by atoms with Gasteiger partial charge in [-0.15, -0.1) is 0 Å². The zero-order chi connectivity index (χ0) is 16.7. The van der Waals surface area contributed by atoms with Crippen LogP contribution in [0.15, 0.2) is 17.1 Å². The summed E-state index contributed by atoms with van der Waals surface area (Å²) >= 11 is 0. The Labute approximate surface area is 134 Å². The van der Waals surface area contributed by atoms with Gasteiger partial charge in [-0.05, 0) is 12.5 Å². The van der Waals surface area contributed by atoms with E-state index in [1.165, 1.54) is 16.8 Å². The summed E-state index contributed by atoms with van der Waals surface area (Å²) in [6.45, 7) is 2.23. The molecule has 0 bridgehead atoms. The van der Waals surface area contributed by atoms with Crippen LogP contribution in [-0.4, -0.2) is 46.9 Å². The molecule has 0 spiro atoms. The number of anilines is 1. The molecule has 1 aromatic rings. The number of aromatic nitrogens is 2. The van der Waals surface area contributed by atoms with Crippen molar-refractivity contribution in [2.75, 3.05) is 25.1 Å². The number of ether oxygens (including phenoxy) is 3. The third-order valence-corrected chi connectivity index (χ3v) is 3.23. The fraction of sp³-hybridized carbons (Fsp3) is 0.643. The summed E-state index contributed by atoms with van der Waals surface area (Å²) in [7, 11) is 0. The molecule has 2 atom stereocenters. The number of hydrogen-bond donors (Lipinski definition) is 2. The molecule has 2 heterocycles. The topological polar surface area (TPSA) is 112 Å². The van der Waals surface area contributed by atoms with Crippen molar-refractivity contribution in [3.63, 3.8) is 0 Å². The Balaban J connectivity index is 0.00000288. The lowest BCUT2D eigenvalue weighted by Crippen LogP contribution is -2.29. The van der Waals surface area contributed by atoms with Crippen LogP contribution >= 0.6 is 0 Å². The first-order chi connectivity index (χ1) is 11.1. The second kappa shape index (κ2) is 8.61. The molecule has 0 radical (unpaired) electrons. The number of unbranched alkanes of at least 4 members (excludes halogenated alkanes) is 2. The second-order valence-electron chi connectivity index (χ2n) is 5.01. The van der Waals surface area contributed by atoms with E-state index in [0.29, 0.717) is 6.61 Å². The molecule has 1 saturated heterocycles. The van der Waals surface area contributed by atoms with Gasteiger partial charge in [0.1, 0.15) is 5.82 Å². The van der Waals surface area contributed by atoms with Gasteiger partial charge in [-0.25, -0.2) is 9.59 Å². The highest BCUT2D eigenvalue weighted by molar-refractivity contribution is 5.83. The minimum Gasteiger partial charge on any atom is -0.449 e. The van der Waals surface area contributed by atoms with Crippen LogP contribution in [0.1, 0.15) is 33.8 Å². The first-order valence-corrected chi connectivity index (χ1v) is 7.55. The van der Waals surface area contributed by atoms with Gasteiger partial charge in [-0.1, -0.05) is 19.8 Å². The summed E-state index contributed by atoms with van der Waals surface area (Å²) in [5.41, 5.74) is -0.596. The van der Waals surface area contributed by atoms with Crippen molar-refractivity contribution in [2.45, 2.75) is 38.7 Å². The molecule has 0 aromatic carbocycles. The smallest absolute Gasteiger partial charge is 0.412 e. The average molecular weight is 329 g/mol. The number of hydrogen-bond acceptors (Lipinski definition) is 7. The number of amides is 1. The Hall–Kier alpha value is -1.97. The highest BCUT2D eigenvalue weighted by Crippen LogP contribution is 2.19. The minimum atomic E-state index is -0.747. The summed E-state index contributed by atoms with van der Waals surface area (Å²) < 4.78 is 16.7. The maximum absolute atomic E-state index is 12.0. The van der Waals surface area contributed by atoms with E-state index in [1.807, 2.05) is 0 Å². The third kappa shape index (κ3) is 5.02. The van der Waals surface area contributed by atoms with Crippen LogP contribution in [0.4, 0.5) is 10.6 Å². The molecule has 0 aliphatic carbocycles. The van der Waals surface area contributed by atoms with Crippen LogP contribution in [0.25, 0.3) is 0 Å². The van der Waals surface area contributed by atoms with Gasteiger partial charge < -0.3 is 19.3 Å². The van der Waals surface area contributed by atoms with Crippen molar-refractivity contribution in [3.8, 4) is 0 Å². The average Bonchev–Trinajstić information content (AvgIpc) is 3.00. The minimum absolute atomic E-state index is 0. The Morgan fingerprint density at radius 3 is 3.09 bits per heavy atom. The number of aliphatic hydroxyl groups excluding tert-OH is 1. The molecule has 130 valence electrons. The molecule has 1 amide bonds. The quantitative estimate of drug-likeness (QED) is 0.720. The van der Waals surface area contributed by atoms with Crippen molar-refractivity contribution in [1.29, 1.82) is 0 Å². The van der Waals surface area contributed by atoms with Crippen molar-refractivity contribution >= 4 is 11.9 Å². The van der Waals surface area contributed by atoms with Crippen LogP contribution in [0.2, 0.25) is 0 Å². The molecular formula is C14H23N3O6. The molecule has 2 N–H and O–H groups in total. The molecule has 2 rings (SSSR count). The summed E-state index contributed by atoms with van der Waals surface area (Å²) in [5, 5.41) is 11.3. The Morgan fingerprint density at radius 1 is 1.61 bits per heavy atom. The Kier molecular flexibility index (Phi) is 6.51. The fourth-order valence-electron chi connectivity index (χ4n) is 2.04. The van der Waals surface area contributed by atoms with Crippen LogP contribution in [0.5, 0.6) is 0 Å². The van der Waals surface area contributed by atoms with E-state index in [1.54, 1.807) is 0 Å². The molecule has 23 heavy (non-hydrogen) atoms. The van der Waals surface area contributed by atoms with Crippen LogP contribution < -0.4 is 11.0 Å². The lowest BCUT2D eigenvalue weighted by molar-refractivity contribution is -0.0992. The van der Waals surface area contributed by atoms with Crippen molar-refractivity contribution in [2.24, 2.45) is 0 Å². The van der Waals surface area contributed by atoms with E-state index < -0.39 is 24.3 Å². The lowest BCUT2D eigenvalue weighted by atomic mass is 10.3. The molecule has 9 nitrogen and oxygen atoms in total. The number of rotatable bonds is 7. The first-order valence-electron chi connectivity index (χ1n) is 7.55. The number of carbonyl (C=O) groups excluding carboxylic acids is 1. The van der Waals surface area contributed by atoms with Gasteiger partial charge in [0.05, 0.1) is 19.8 Å². The van der Waals surface area contributed by atoms with E-state index in [9.17, 15) is 9.59 Å². The van der Waals surface area contributed by atoms with E-state index in [0.717, 1.165) is 19.3 Å². The molecule has 9 heteroatoms.